The number of anilines is 1. The van der Waals surface area contributed by atoms with Crippen molar-refractivity contribution < 1.29 is 14.6 Å². The summed E-state index contributed by atoms with van der Waals surface area (Å²) in [6.45, 7) is 0.432. The van der Waals surface area contributed by atoms with Gasteiger partial charge in [-0.3, -0.25) is 0 Å². The number of ether oxygens (including phenoxy) is 1. The monoisotopic (exact) mass is 258 g/mol. The number of para-hydroxylation sites is 1. The van der Waals surface area contributed by atoms with E-state index in [1.807, 2.05) is 12.1 Å². The van der Waals surface area contributed by atoms with Gasteiger partial charge in [0.1, 0.15) is 0 Å². The number of aromatic nitrogens is 1. The molecule has 0 aliphatic carbocycles. The van der Waals surface area contributed by atoms with Crippen molar-refractivity contribution in [1.82, 2.24) is 4.98 Å². The topological polar surface area (TPSA) is 71.5 Å². The molecule has 0 fully saturated rings. The fourth-order valence-corrected chi connectivity index (χ4v) is 1.68. The Bertz CT molecular complexity index is 584. The summed E-state index contributed by atoms with van der Waals surface area (Å²) >= 11 is 0. The first-order valence-corrected chi connectivity index (χ1v) is 5.77. The number of methoxy groups -OCH3 is 1. The molecule has 0 bridgehead atoms. The number of carbonyl (C=O) groups is 1. The van der Waals surface area contributed by atoms with E-state index in [1.165, 1.54) is 0 Å². The predicted octanol–water partition coefficient (Wildman–Crippen LogP) is 2.40. The molecular formula is C14H14N2O3. The Labute approximate surface area is 110 Å². The van der Waals surface area contributed by atoms with Gasteiger partial charge in [-0.15, -0.1) is 0 Å². The summed E-state index contributed by atoms with van der Waals surface area (Å²) in [6.07, 6.45) is 0. The van der Waals surface area contributed by atoms with E-state index >= 15 is 0 Å². The lowest BCUT2D eigenvalue weighted by Gasteiger charge is -2.09. The first-order valence-electron chi connectivity index (χ1n) is 5.77. The Morgan fingerprint density at radius 1 is 1.26 bits per heavy atom. The lowest BCUT2D eigenvalue weighted by Crippen LogP contribution is -2.07. The van der Waals surface area contributed by atoms with E-state index in [2.05, 4.69) is 10.3 Å². The van der Waals surface area contributed by atoms with Gasteiger partial charge < -0.3 is 15.2 Å². The zero-order chi connectivity index (χ0) is 13.7. The number of nitrogens with zero attached hydrogens (tertiary/aromatic N) is 1. The third-order valence-corrected chi connectivity index (χ3v) is 2.61. The number of benzene rings is 1. The normalized spacial score (nSPS) is 9.95. The van der Waals surface area contributed by atoms with Crippen molar-refractivity contribution >= 4 is 11.7 Å². The van der Waals surface area contributed by atoms with Crippen LogP contribution in [0.25, 0.3) is 0 Å². The average Bonchev–Trinajstić information content (AvgIpc) is 2.45. The molecule has 5 heteroatoms. The van der Waals surface area contributed by atoms with Crippen molar-refractivity contribution in [2.45, 2.75) is 6.54 Å². The van der Waals surface area contributed by atoms with Gasteiger partial charge in [0.15, 0.2) is 0 Å². The summed E-state index contributed by atoms with van der Waals surface area (Å²) in [5, 5.41) is 12.1. The van der Waals surface area contributed by atoms with Crippen LogP contribution in [0.15, 0.2) is 42.5 Å². The van der Waals surface area contributed by atoms with E-state index in [1.54, 1.807) is 37.4 Å². The molecule has 0 spiro atoms. The average molecular weight is 258 g/mol. The number of aromatic carboxylic acids is 1. The fourth-order valence-electron chi connectivity index (χ4n) is 1.68. The van der Waals surface area contributed by atoms with E-state index in [4.69, 9.17) is 9.84 Å². The van der Waals surface area contributed by atoms with Crippen LogP contribution in [-0.4, -0.2) is 23.2 Å². The van der Waals surface area contributed by atoms with Crippen molar-refractivity contribution in [3.8, 4) is 5.88 Å². The number of carboxylic acids is 1. The third kappa shape index (κ3) is 3.22. The highest BCUT2D eigenvalue weighted by atomic mass is 16.5. The molecule has 2 N–H and O–H groups in total. The second kappa shape index (κ2) is 5.86. The van der Waals surface area contributed by atoms with Crippen molar-refractivity contribution in [3.05, 3.63) is 53.7 Å². The van der Waals surface area contributed by atoms with E-state index in [0.717, 1.165) is 5.69 Å². The van der Waals surface area contributed by atoms with E-state index in [9.17, 15) is 4.79 Å². The molecule has 0 radical (unpaired) electrons. The van der Waals surface area contributed by atoms with Crippen LogP contribution in [0.2, 0.25) is 0 Å². The summed E-state index contributed by atoms with van der Waals surface area (Å²) in [4.78, 5) is 15.3. The molecule has 0 amide bonds. The lowest BCUT2D eigenvalue weighted by molar-refractivity contribution is 0.0698. The van der Waals surface area contributed by atoms with Gasteiger partial charge in [0.25, 0.3) is 0 Å². The highest BCUT2D eigenvalue weighted by molar-refractivity contribution is 5.94. The molecule has 98 valence electrons. The lowest BCUT2D eigenvalue weighted by atomic mass is 10.2. The second-order valence-corrected chi connectivity index (χ2v) is 3.88. The van der Waals surface area contributed by atoms with E-state index in [0.29, 0.717) is 18.1 Å². The first kappa shape index (κ1) is 12.9. The van der Waals surface area contributed by atoms with E-state index in [-0.39, 0.29) is 5.56 Å². The molecule has 0 saturated heterocycles. The Balaban J connectivity index is 2.12. The maximum absolute atomic E-state index is 11.1. The number of rotatable bonds is 5. The molecule has 0 aliphatic heterocycles. The maximum atomic E-state index is 11.1. The van der Waals surface area contributed by atoms with Gasteiger partial charge in [-0.2, -0.15) is 0 Å². The van der Waals surface area contributed by atoms with Crippen LogP contribution in [0.5, 0.6) is 5.88 Å². The zero-order valence-electron chi connectivity index (χ0n) is 10.5. The van der Waals surface area contributed by atoms with E-state index < -0.39 is 5.97 Å². The van der Waals surface area contributed by atoms with Gasteiger partial charge >= 0.3 is 5.97 Å². The minimum atomic E-state index is -0.957. The molecule has 1 heterocycles. The van der Waals surface area contributed by atoms with Crippen LogP contribution in [0.1, 0.15) is 16.1 Å². The summed E-state index contributed by atoms with van der Waals surface area (Å²) in [5.74, 6) is -0.424. The molecule has 5 nitrogen and oxygen atoms in total. The van der Waals surface area contributed by atoms with Gasteiger partial charge in [0.05, 0.1) is 24.9 Å². The third-order valence-electron chi connectivity index (χ3n) is 2.61. The smallest absolute Gasteiger partial charge is 0.337 e. The van der Waals surface area contributed by atoms with Crippen molar-refractivity contribution in [1.29, 1.82) is 0 Å². The number of pyridine rings is 1. The number of hydrogen-bond donors (Lipinski definition) is 2. The molecule has 1 aromatic heterocycles. The van der Waals surface area contributed by atoms with Crippen molar-refractivity contribution in [2.75, 3.05) is 12.4 Å². The molecule has 1 aromatic carbocycles. The predicted molar refractivity (Wildman–Crippen MR) is 71.5 cm³/mol. The summed E-state index contributed by atoms with van der Waals surface area (Å²) < 4.78 is 5.04. The Hall–Kier alpha value is -2.56. The molecule has 2 rings (SSSR count). The van der Waals surface area contributed by atoms with Gasteiger partial charge in [0, 0.05) is 11.8 Å². The maximum Gasteiger partial charge on any atom is 0.337 e. The summed E-state index contributed by atoms with van der Waals surface area (Å²) in [5.41, 5.74) is 1.59. The quantitative estimate of drug-likeness (QED) is 0.861. The van der Waals surface area contributed by atoms with Crippen LogP contribution in [0, 0.1) is 0 Å². The number of carboxylic acid groups (broad SMARTS) is 1. The van der Waals surface area contributed by atoms with Crippen LogP contribution in [-0.2, 0) is 6.54 Å². The second-order valence-electron chi connectivity index (χ2n) is 3.88. The molecule has 0 atom stereocenters. The van der Waals surface area contributed by atoms with Gasteiger partial charge in [0.2, 0.25) is 5.88 Å². The van der Waals surface area contributed by atoms with Crippen LogP contribution < -0.4 is 10.1 Å². The molecule has 2 aromatic rings. The fraction of sp³-hybridized carbons (Fsp3) is 0.143. The highest BCUT2D eigenvalue weighted by Gasteiger charge is 2.08. The molecule has 0 unspecified atom stereocenters. The minimum absolute atomic E-state index is 0.241. The molecule has 19 heavy (non-hydrogen) atoms. The Kier molecular flexibility index (Phi) is 3.97. The molecule has 0 saturated carbocycles. The summed E-state index contributed by atoms with van der Waals surface area (Å²) in [6, 6.07) is 12.2. The SMILES string of the molecule is COc1cccc(CNc2ccccc2C(=O)O)n1. The molecule has 0 aliphatic rings. The number of hydrogen-bond acceptors (Lipinski definition) is 4. The largest absolute Gasteiger partial charge is 0.481 e. The Morgan fingerprint density at radius 3 is 2.79 bits per heavy atom. The number of nitrogens with one attached hydrogen (secondary N) is 1. The Morgan fingerprint density at radius 2 is 2.05 bits per heavy atom. The first-order chi connectivity index (χ1) is 9.20. The van der Waals surface area contributed by atoms with Gasteiger partial charge in [-0.25, -0.2) is 9.78 Å². The highest BCUT2D eigenvalue weighted by Crippen LogP contribution is 2.16. The van der Waals surface area contributed by atoms with Gasteiger partial charge in [-0.05, 0) is 18.2 Å². The standard InChI is InChI=1S/C14H14N2O3/c1-19-13-8-4-5-10(16-13)9-15-12-7-3-2-6-11(12)14(17)18/h2-8,15H,9H2,1H3,(H,17,18). The van der Waals surface area contributed by atoms with Gasteiger partial charge in [-0.1, -0.05) is 18.2 Å². The molecular weight excluding hydrogens is 244 g/mol. The summed E-state index contributed by atoms with van der Waals surface area (Å²) in [7, 11) is 1.55. The zero-order valence-corrected chi connectivity index (χ0v) is 10.5. The van der Waals surface area contributed by atoms with Crippen LogP contribution in [0.4, 0.5) is 5.69 Å². The van der Waals surface area contributed by atoms with Crippen molar-refractivity contribution in [3.63, 3.8) is 0 Å². The minimum Gasteiger partial charge on any atom is -0.481 e. The van der Waals surface area contributed by atoms with Crippen LogP contribution in [0.3, 0.4) is 0 Å². The van der Waals surface area contributed by atoms with Crippen LogP contribution >= 0.6 is 0 Å². The van der Waals surface area contributed by atoms with Crippen molar-refractivity contribution in [2.24, 2.45) is 0 Å².